The summed E-state index contributed by atoms with van der Waals surface area (Å²) in [6.45, 7) is -0.00801. The number of hydrogen-bond acceptors (Lipinski definition) is 4. The van der Waals surface area contributed by atoms with E-state index in [2.05, 4.69) is 10.4 Å². The Bertz CT molecular complexity index is 1130. The van der Waals surface area contributed by atoms with E-state index < -0.39 is 23.0 Å². The van der Waals surface area contributed by atoms with Crippen molar-refractivity contribution in [1.82, 2.24) is 19.7 Å². The first-order valence-corrected chi connectivity index (χ1v) is 8.88. The van der Waals surface area contributed by atoms with E-state index in [0.717, 1.165) is 27.7 Å². The molecule has 28 heavy (non-hydrogen) atoms. The third-order valence-corrected chi connectivity index (χ3v) is 4.44. The molecule has 0 radical (unpaired) electrons. The zero-order valence-electron chi connectivity index (χ0n) is 14.8. The van der Waals surface area contributed by atoms with Crippen molar-refractivity contribution in [1.29, 1.82) is 0 Å². The Labute approximate surface area is 159 Å². The van der Waals surface area contributed by atoms with Crippen LogP contribution >= 0.6 is 0 Å². The minimum Gasteiger partial charge on any atom is -0.348 e. The lowest BCUT2D eigenvalue weighted by Gasteiger charge is -2.12. The van der Waals surface area contributed by atoms with Crippen LogP contribution in [0.2, 0.25) is 0 Å². The van der Waals surface area contributed by atoms with E-state index >= 15 is 0 Å². The fourth-order valence-corrected chi connectivity index (χ4v) is 2.79. The average Bonchev–Trinajstić information content (AvgIpc) is 3.51. The molecule has 2 aromatic carbocycles. The first kappa shape index (κ1) is 17.8. The summed E-state index contributed by atoms with van der Waals surface area (Å²) in [5.74, 6) is -1.09. The van der Waals surface area contributed by atoms with Crippen LogP contribution in [0.25, 0.3) is 5.69 Å². The quantitative estimate of drug-likeness (QED) is 0.726. The van der Waals surface area contributed by atoms with Gasteiger partial charge in [0.2, 0.25) is 5.69 Å². The molecule has 1 aromatic heterocycles. The van der Waals surface area contributed by atoms with Crippen molar-refractivity contribution < 1.29 is 9.18 Å². The standard InChI is InChI=1S/C20H17FN4O3/c21-14-6-10-16(11-7-14)25-20(28)24(12-13-4-2-1-3-5-13)19(27)17(23-25)18(26)22-15-8-9-15/h1-7,10-11,15H,8-9,12H2,(H,22,26). The molecule has 0 unspecified atom stereocenters. The van der Waals surface area contributed by atoms with Gasteiger partial charge in [-0.1, -0.05) is 30.3 Å². The number of aromatic nitrogens is 3. The summed E-state index contributed by atoms with van der Waals surface area (Å²) in [4.78, 5) is 38.3. The number of carbonyl (C=O) groups is 1. The van der Waals surface area contributed by atoms with Gasteiger partial charge in [0.25, 0.3) is 11.5 Å². The second-order valence-electron chi connectivity index (χ2n) is 6.64. The summed E-state index contributed by atoms with van der Waals surface area (Å²) in [6.07, 6.45) is 1.70. The highest BCUT2D eigenvalue weighted by Gasteiger charge is 2.27. The number of carbonyl (C=O) groups excluding carboxylic acids is 1. The molecule has 1 amide bonds. The Morgan fingerprint density at radius 3 is 2.39 bits per heavy atom. The van der Waals surface area contributed by atoms with Gasteiger partial charge in [0.15, 0.2) is 0 Å². The normalized spacial score (nSPS) is 13.3. The first-order valence-electron chi connectivity index (χ1n) is 8.88. The minimum absolute atomic E-state index is 0.00801. The summed E-state index contributed by atoms with van der Waals surface area (Å²) < 4.78 is 15.2. The highest BCUT2D eigenvalue weighted by atomic mass is 19.1. The van der Waals surface area contributed by atoms with Crippen LogP contribution in [0, 0.1) is 5.82 Å². The molecular formula is C20H17FN4O3. The molecule has 0 aliphatic heterocycles. The zero-order chi connectivity index (χ0) is 19.7. The van der Waals surface area contributed by atoms with Gasteiger partial charge >= 0.3 is 5.69 Å². The van der Waals surface area contributed by atoms with Crippen LogP contribution in [0.5, 0.6) is 0 Å². The fraction of sp³-hybridized carbons (Fsp3) is 0.200. The molecule has 1 aliphatic carbocycles. The van der Waals surface area contributed by atoms with Crippen LogP contribution in [-0.2, 0) is 6.54 Å². The number of benzene rings is 2. The molecule has 0 saturated heterocycles. The van der Waals surface area contributed by atoms with Gasteiger partial charge in [-0.3, -0.25) is 14.2 Å². The number of hydrogen-bond donors (Lipinski definition) is 1. The van der Waals surface area contributed by atoms with Gasteiger partial charge in [0.1, 0.15) is 5.82 Å². The summed E-state index contributed by atoms with van der Waals surface area (Å²) in [5.41, 5.74) is -0.846. The number of nitrogens with zero attached hydrogens (tertiary/aromatic N) is 3. The lowest BCUT2D eigenvalue weighted by Crippen LogP contribution is -2.46. The van der Waals surface area contributed by atoms with E-state index in [4.69, 9.17) is 0 Å². The van der Waals surface area contributed by atoms with Crippen molar-refractivity contribution in [3.05, 3.63) is 92.5 Å². The second-order valence-corrected chi connectivity index (χ2v) is 6.64. The van der Waals surface area contributed by atoms with Gasteiger partial charge in [-0.05, 0) is 42.7 Å². The predicted molar refractivity (Wildman–Crippen MR) is 100 cm³/mol. The Morgan fingerprint density at radius 1 is 1.07 bits per heavy atom. The number of nitrogens with one attached hydrogen (secondary N) is 1. The van der Waals surface area contributed by atoms with Crippen LogP contribution < -0.4 is 16.6 Å². The fourth-order valence-electron chi connectivity index (χ4n) is 2.79. The Balaban J connectivity index is 1.86. The van der Waals surface area contributed by atoms with Gasteiger partial charge in [0.05, 0.1) is 12.2 Å². The van der Waals surface area contributed by atoms with Crippen molar-refractivity contribution >= 4 is 5.91 Å². The third-order valence-electron chi connectivity index (χ3n) is 4.44. The average molecular weight is 380 g/mol. The second kappa shape index (κ2) is 7.22. The van der Waals surface area contributed by atoms with E-state index in [0.29, 0.717) is 0 Å². The topological polar surface area (TPSA) is 86.0 Å². The molecule has 7 nitrogen and oxygen atoms in total. The molecule has 1 aliphatic rings. The van der Waals surface area contributed by atoms with Crippen molar-refractivity contribution in [3.63, 3.8) is 0 Å². The molecule has 3 aromatic rings. The first-order chi connectivity index (χ1) is 13.5. The van der Waals surface area contributed by atoms with Gasteiger partial charge in [-0.2, -0.15) is 9.78 Å². The van der Waals surface area contributed by atoms with Crippen LogP contribution in [0.15, 0.2) is 64.2 Å². The molecule has 1 fully saturated rings. The SMILES string of the molecule is O=C(NC1CC1)c1nn(-c2ccc(F)cc2)c(=O)n(Cc2ccccc2)c1=O. The molecule has 0 spiro atoms. The highest BCUT2D eigenvalue weighted by Crippen LogP contribution is 2.18. The Hall–Kier alpha value is -3.55. The van der Waals surface area contributed by atoms with Crippen LogP contribution in [-0.4, -0.2) is 26.3 Å². The Morgan fingerprint density at radius 2 is 1.75 bits per heavy atom. The maximum Gasteiger partial charge on any atom is 0.352 e. The van der Waals surface area contributed by atoms with E-state index in [9.17, 15) is 18.8 Å². The summed E-state index contributed by atoms with van der Waals surface area (Å²) >= 11 is 0. The summed E-state index contributed by atoms with van der Waals surface area (Å²) in [5, 5.41) is 6.71. The highest BCUT2D eigenvalue weighted by molar-refractivity contribution is 5.92. The van der Waals surface area contributed by atoms with Crippen LogP contribution in [0.3, 0.4) is 0 Å². The van der Waals surface area contributed by atoms with Gasteiger partial charge in [-0.25, -0.2) is 9.18 Å². The minimum atomic E-state index is -0.759. The van der Waals surface area contributed by atoms with Gasteiger partial charge in [0, 0.05) is 6.04 Å². The van der Waals surface area contributed by atoms with E-state index in [1.807, 2.05) is 6.07 Å². The predicted octanol–water partition coefficient (Wildman–Crippen LogP) is 1.47. The third kappa shape index (κ3) is 3.62. The van der Waals surface area contributed by atoms with Crippen LogP contribution in [0.1, 0.15) is 28.9 Å². The molecule has 8 heteroatoms. The van der Waals surface area contributed by atoms with Crippen molar-refractivity contribution in [2.24, 2.45) is 0 Å². The lowest BCUT2D eigenvalue weighted by atomic mass is 10.2. The van der Waals surface area contributed by atoms with Crippen molar-refractivity contribution in [2.75, 3.05) is 0 Å². The molecule has 142 valence electrons. The van der Waals surface area contributed by atoms with E-state index in [-0.39, 0.29) is 24.0 Å². The smallest absolute Gasteiger partial charge is 0.348 e. The molecule has 1 N–H and O–H groups in total. The van der Waals surface area contributed by atoms with Crippen molar-refractivity contribution in [2.45, 2.75) is 25.4 Å². The molecule has 1 heterocycles. The number of amides is 1. The summed E-state index contributed by atoms with van der Waals surface area (Å²) in [6, 6.07) is 14.1. The lowest BCUT2D eigenvalue weighted by molar-refractivity contribution is 0.0941. The molecule has 4 rings (SSSR count). The van der Waals surface area contributed by atoms with E-state index in [1.165, 1.54) is 24.3 Å². The Kier molecular flexibility index (Phi) is 4.60. The molecular weight excluding hydrogens is 363 g/mol. The van der Waals surface area contributed by atoms with Crippen LogP contribution in [0.4, 0.5) is 4.39 Å². The monoisotopic (exact) mass is 380 g/mol. The van der Waals surface area contributed by atoms with E-state index in [1.54, 1.807) is 24.3 Å². The maximum atomic E-state index is 13.3. The maximum absolute atomic E-state index is 13.3. The summed E-state index contributed by atoms with van der Waals surface area (Å²) in [7, 11) is 0. The van der Waals surface area contributed by atoms with Crippen molar-refractivity contribution in [3.8, 4) is 5.69 Å². The zero-order valence-corrected chi connectivity index (χ0v) is 14.8. The molecule has 0 atom stereocenters. The van der Waals surface area contributed by atoms with Gasteiger partial charge < -0.3 is 5.32 Å². The van der Waals surface area contributed by atoms with Gasteiger partial charge in [-0.15, -0.1) is 0 Å². The number of rotatable bonds is 5. The molecule has 0 bridgehead atoms. The molecule has 1 saturated carbocycles. The number of halogens is 1. The largest absolute Gasteiger partial charge is 0.352 e.